The summed E-state index contributed by atoms with van der Waals surface area (Å²) >= 11 is 0. The Kier molecular flexibility index (Phi) is 3.49. The number of rotatable bonds is 2. The van der Waals surface area contributed by atoms with Gasteiger partial charge in [0, 0.05) is 17.8 Å². The van der Waals surface area contributed by atoms with Crippen molar-refractivity contribution in [3.05, 3.63) is 72.4 Å². The number of para-hydroxylation sites is 2. The second-order valence-electron chi connectivity index (χ2n) is 6.35. The molecule has 3 heteroatoms. The maximum Gasteiger partial charge on any atom is 0.212 e. The predicted molar refractivity (Wildman–Crippen MR) is 99.5 cm³/mol. The molecular weight excluding hydrogens is 294 g/mol. The summed E-state index contributed by atoms with van der Waals surface area (Å²) in [5.74, 6) is 0. The number of fused-ring (bicyclic) bond motifs is 1. The molecule has 0 spiro atoms. The van der Waals surface area contributed by atoms with Crippen LogP contribution in [0.4, 0.5) is 17.1 Å². The smallest absolute Gasteiger partial charge is 0.212 e. The molecule has 0 radical (unpaired) electrons. The van der Waals surface area contributed by atoms with Gasteiger partial charge in [-0.1, -0.05) is 18.2 Å². The molecule has 1 aromatic heterocycles. The highest BCUT2D eigenvalue weighted by Gasteiger charge is 2.28. The minimum Gasteiger partial charge on any atom is -0.363 e. The number of hydrogen-bond acceptors (Lipinski definition) is 2. The molecule has 1 aliphatic heterocycles. The van der Waals surface area contributed by atoms with Crippen molar-refractivity contribution in [2.24, 2.45) is 7.05 Å². The van der Waals surface area contributed by atoms with E-state index in [1.807, 2.05) is 0 Å². The van der Waals surface area contributed by atoms with Crippen molar-refractivity contribution in [2.45, 2.75) is 20.0 Å². The van der Waals surface area contributed by atoms with Crippen LogP contribution < -0.4 is 14.8 Å². The molecule has 24 heavy (non-hydrogen) atoms. The SMILES string of the molecule is Cc1c(-c2cccc[n+]2C)cccc1N1c2ccccc2N[C@H]1C. The Hall–Kier alpha value is -2.81. The van der Waals surface area contributed by atoms with Gasteiger partial charge in [0.1, 0.15) is 13.2 Å². The summed E-state index contributed by atoms with van der Waals surface area (Å²) in [6.07, 6.45) is 2.33. The fraction of sp³-hybridized carbons (Fsp3) is 0.190. The fourth-order valence-corrected chi connectivity index (χ4v) is 3.61. The van der Waals surface area contributed by atoms with Crippen LogP contribution in [0, 0.1) is 6.92 Å². The van der Waals surface area contributed by atoms with E-state index < -0.39 is 0 Å². The van der Waals surface area contributed by atoms with E-state index in [0.717, 1.165) is 0 Å². The molecule has 120 valence electrons. The number of nitrogens with zero attached hydrogens (tertiary/aromatic N) is 2. The average molecular weight is 316 g/mol. The van der Waals surface area contributed by atoms with E-state index in [1.54, 1.807) is 0 Å². The molecule has 0 fully saturated rings. The number of hydrogen-bond donors (Lipinski definition) is 1. The lowest BCUT2D eigenvalue weighted by molar-refractivity contribution is -0.660. The lowest BCUT2D eigenvalue weighted by Crippen LogP contribution is -2.31. The summed E-state index contributed by atoms with van der Waals surface area (Å²) in [7, 11) is 2.09. The predicted octanol–water partition coefficient (Wildman–Crippen LogP) is 4.40. The first kappa shape index (κ1) is 14.8. The Balaban J connectivity index is 1.87. The Labute approximate surface area is 143 Å². The Morgan fingerprint density at radius 3 is 2.50 bits per heavy atom. The molecule has 4 rings (SSSR count). The zero-order chi connectivity index (χ0) is 16.7. The molecule has 1 atom stereocenters. The van der Waals surface area contributed by atoms with Gasteiger partial charge >= 0.3 is 0 Å². The van der Waals surface area contributed by atoms with Crippen LogP contribution in [-0.4, -0.2) is 6.17 Å². The molecule has 0 amide bonds. The van der Waals surface area contributed by atoms with Gasteiger partial charge in [-0.2, -0.15) is 0 Å². The zero-order valence-electron chi connectivity index (χ0n) is 14.3. The molecule has 0 saturated carbocycles. The quantitative estimate of drug-likeness (QED) is 0.707. The van der Waals surface area contributed by atoms with Crippen LogP contribution in [0.3, 0.4) is 0 Å². The second-order valence-corrected chi connectivity index (χ2v) is 6.35. The van der Waals surface area contributed by atoms with Crippen LogP contribution in [0.25, 0.3) is 11.3 Å². The van der Waals surface area contributed by atoms with E-state index >= 15 is 0 Å². The van der Waals surface area contributed by atoms with Crippen molar-refractivity contribution in [1.82, 2.24) is 0 Å². The van der Waals surface area contributed by atoms with Gasteiger partial charge in [-0.25, -0.2) is 4.57 Å². The van der Waals surface area contributed by atoms with Gasteiger partial charge in [0.05, 0.1) is 16.9 Å². The molecule has 3 nitrogen and oxygen atoms in total. The summed E-state index contributed by atoms with van der Waals surface area (Å²) in [6, 6.07) is 21.4. The lowest BCUT2D eigenvalue weighted by atomic mass is 10.0. The van der Waals surface area contributed by atoms with Gasteiger partial charge in [0.25, 0.3) is 0 Å². The molecule has 2 aromatic carbocycles. The molecule has 0 unspecified atom stereocenters. The average Bonchev–Trinajstić information content (AvgIpc) is 2.92. The van der Waals surface area contributed by atoms with Crippen LogP contribution >= 0.6 is 0 Å². The van der Waals surface area contributed by atoms with E-state index in [4.69, 9.17) is 0 Å². The number of pyridine rings is 1. The maximum atomic E-state index is 3.56. The normalized spacial score (nSPS) is 16.0. The van der Waals surface area contributed by atoms with Crippen molar-refractivity contribution >= 4 is 17.1 Å². The van der Waals surface area contributed by atoms with Crippen molar-refractivity contribution in [2.75, 3.05) is 10.2 Å². The summed E-state index contributed by atoms with van der Waals surface area (Å²) in [4.78, 5) is 2.39. The molecule has 0 aliphatic carbocycles. The minimum absolute atomic E-state index is 0.237. The first-order valence-corrected chi connectivity index (χ1v) is 8.36. The first-order chi connectivity index (χ1) is 11.7. The third-order valence-corrected chi connectivity index (χ3v) is 4.81. The Morgan fingerprint density at radius 2 is 1.67 bits per heavy atom. The standard InChI is InChI=1S/C21H22N3/c1-15-17(20-11-6-7-14-23(20)3)9-8-13-19(15)24-16(2)22-18-10-4-5-12-21(18)24/h4-14,16,22H,1-3H3/q+1/t16-/m1/s1. The monoisotopic (exact) mass is 316 g/mol. The Morgan fingerprint density at radius 1 is 0.917 bits per heavy atom. The van der Waals surface area contributed by atoms with E-state index in [0.29, 0.717) is 0 Å². The molecule has 0 saturated heterocycles. The lowest BCUT2D eigenvalue weighted by Gasteiger charge is -2.26. The van der Waals surface area contributed by atoms with Crippen LogP contribution in [-0.2, 0) is 7.05 Å². The number of aromatic nitrogens is 1. The van der Waals surface area contributed by atoms with Crippen molar-refractivity contribution in [3.63, 3.8) is 0 Å². The molecule has 2 heterocycles. The van der Waals surface area contributed by atoms with Gasteiger partial charge in [-0.15, -0.1) is 0 Å². The molecular formula is C21H22N3+. The molecule has 0 bridgehead atoms. The number of aryl methyl sites for hydroxylation is 1. The van der Waals surface area contributed by atoms with Crippen molar-refractivity contribution in [1.29, 1.82) is 0 Å². The number of anilines is 3. The van der Waals surface area contributed by atoms with Gasteiger partial charge in [0.2, 0.25) is 5.69 Å². The molecule has 1 aliphatic rings. The van der Waals surface area contributed by atoms with Crippen LogP contribution in [0.15, 0.2) is 66.9 Å². The third kappa shape index (κ3) is 2.24. The number of benzene rings is 2. The third-order valence-electron chi connectivity index (χ3n) is 4.81. The molecule has 3 aromatic rings. The maximum absolute atomic E-state index is 3.56. The van der Waals surface area contributed by atoms with Gasteiger partial charge in [-0.3, -0.25) is 0 Å². The first-order valence-electron chi connectivity index (χ1n) is 8.36. The van der Waals surface area contributed by atoms with Gasteiger partial charge in [0.15, 0.2) is 6.20 Å². The van der Waals surface area contributed by atoms with Gasteiger partial charge < -0.3 is 10.2 Å². The summed E-state index contributed by atoms with van der Waals surface area (Å²) in [6.45, 7) is 4.42. The highest BCUT2D eigenvalue weighted by atomic mass is 15.3. The largest absolute Gasteiger partial charge is 0.363 e. The van der Waals surface area contributed by atoms with E-state index in [1.165, 1.54) is 33.9 Å². The van der Waals surface area contributed by atoms with Crippen molar-refractivity contribution < 1.29 is 4.57 Å². The highest BCUT2D eigenvalue weighted by Crippen LogP contribution is 2.42. The summed E-state index contributed by atoms with van der Waals surface area (Å²) in [5, 5.41) is 3.56. The number of nitrogens with one attached hydrogen (secondary N) is 1. The van der Waals surface area contributed by atoms with E-state index in [9.17, 15) is 0 Å². The second kappa shape index (κ2) is 5.68. The zero-order valence-corrected chi connectivity index (χ0v) is 14.3. The van der Waals surface area contributed by atoms with Gasteiger partial charge in [-0.05, 0) is 49.7 Å². The van der Waals surface area contributed by atoms with Crippen LogP contribution in [0.1, 0.15) is 12.5 Å². The highest BCUT2D eigenvalue weighted by molar-refractivity contribution is 5.85. The van der Waals surface area contributed by atoms with Crippen molar-refractivity contribution in [3.8, 4) is 11.3 Å². The Bertz CT molecular complexity index is 901. The fourth-order valence-electron chi connectivity index (χ4n) is 3.61. The summed E-state index contributed by atoms with van der Waals surface area (Å²) < 4.78 is 2.17. The molecule has 1 N–H and O–H groups in total. The summed E-state index contributed by atoms with van der Waals surface area (Å²) in [5.41, 5.74) is 7.48. The van der Waals surface area contributed by atoms with Crippen LogP contribution in [0.5, 0.6) is 0 Å². The van der Waals surface area contributed by atoms with E-state index in [-0.39, 0.29) is 6.17 Å². The minimum atomic E-state index is 0.237. The van der Waals surface area contributed by atoms with E-state index in [2.05, 4.69) is 103 Å². The van der Waals surface area contributed by atoms with Crippen LogP contribution in [0.2, 0.25) is 0 Å². The topological polar surface area (TPSA) is 19.1 Å².